The predicted molar refractivity (Wildman–Crippen MR) is 176 cm³/mol. The quantitative estimate of drug-likeness (QED) is 0.183. The van der Waals surface area contributed by atoms with Gasteiger partial charge in [0.2, 0.25) is 5.91 Å². The van der Waals surface area contributed by atoms with E-state index in [0.29, 0.717) is 40.3 Å². The summed E-state index contributed by atoms with van der Waals surface area (Å²) in [5, 5.41) is 15.4. The lowest BCUT2D eigenvalue weighted by Crippen LogP contribution is -2.24. The molecule has 2 N–H and O–H groups in total. The van der Waals surface area contributed by atoms with E-state index in [1.807, 2.05) is 24.3 Å². The number of anilines is 3. The van der Waals surface area contributed by atoms with Crippen molar-refractivity contribution in [1.82, 2.24) is 14.5 Å². The van der Waals surface area contributed by atoms with Crippen LogP contribution in [0.4, 0.5) is 21.6 Å². The summed E-state index contributed by atoms with van der Waals surface area (Å²) in [7, 11) is 1.60. The van der Waals surface area contributed by atoms with Gasteiger partial charge in [0.25, 0.3) is 5.56 Å². The molecule has 1 fully saturated rings. The summed E-state index contributed by atoms with van der Waals surface area (Å²) in [5.74, 6) is 0.486. The van der Waals surface area contributed by atoms with E-state index >= 15 is 4.39 Å². The zero-order chi connectivity index (χ0) is 32.0. The molecule has 1 aliphatic rings. The summed E-state index contributed by atoms with van der Waals surface area (Å²) in [6.07, 6.45) is 8.39. The number of nitrogens with one attached hydrogen (secondary N) is 2. The number of nitriles is 1. The first-order valence-corrected chi connectivity index (χ1v) is 15.3. The number of methoxy groups -OCH3 is 1. The van der Waals surface area contributed by atoms with Gasteiger partial charge in [0.1, 0.15) is 17.4 Å². The summed E-state index contributed by atoms with van der Waals surface area (Å²) in [4.78, 5) is 35.7. The molecule has 5 aromatic rings. The molecule has 1 aliphatic carbocycles. The molecule has 0 bridgehead atoms. The second-order valence-electron chi connectivity index (χ2n) is 11.4. The van der Waals surface area contributed by atoms with Gasteiger partial charge in [-0.15, -0.1) is 0 Å². The maximum absolute atomic E-state index is 15.6. The highest BCUT2D eigenvalue weighted by Crippen LogP contribution is 2.32. The molecule has 10 heteroatoms. The molecule has 232 valence electrons. The first kappa shape index (κ1) is 30.5. The number of pyridine rings is 3. The summed E-state index contributed by atoms with van der Waals surface area (Å²) < 4.78 is 22.5. The highest BCUT2D eigenvalue weighted by atomic mass is 19.1. The smallest absolute Gasteiger partial charge is 0.262 e. The Morgan fingerprint density at radius 2 is 1.83 bits per heavy atom. The van der Waals surface area contributed by atoms with E-state index in [0.717, 1.165) is 49.0 Å². The predicted octanol–water partition coefficient (Wildman–Crippen LogP) is 6.98. The molecule has 0 spiro atoms. The Morgan fingerprint density at radius 1 is 1.04 bits per heavy atom. The molecule has 9 nitrogen and oxygen atoms in total. The summed E-state index contributed by atoms with van der Waals surface area (Å²) in [6, 6.07) is 21.0. The summed E-state index contributed by atoms with van der Waals surface area (Å²) in [5.41, 5.74) is 3.10. The van der Waals surface area contributed by atoms with E-state index in [9.17, 15) is 9.59 Å². The number of halogens is 1. The number of rotatable bonds is 9. The van der Waals surface area contributed by atoms with Crippen molar-refractivity contribution in [3.63, 3.8) is 0 Å². The van der Waals surface area contributed by atoms with E-state index < -0.39 is 5.82 Å². The SMILES string of the molecule is COc1ccc(Cn2ccc3nc(-c4ccc(NC(=O)C5CCCCC5)cc4F)cc(Nc4ccc(CC#N)cn4)c3c2=O)cc1. The topological polar surface area (TPSA) is 122 Å². The number of hydrogen-bond donors (Lipinski definition) is 2. The molecule has 0 saturated heterocycles. The number of fused-ring (bicyclic) bond motifs is 1. The fourth-order valence-electron chi connectivity index (χ4n) is 5.81. The van der Waals surface area contributed by atoms with Crippen LogP contribution < -0.4 is 20.9 Å². The second kappa shape index (κ2) is 13.6. The van der Waals surface area contributed by atoms with Crippen molar-refractivity contribution in [1.29, 1.82) is 5.26 Å². The Morgan fingerprint density at radius 3 is 2.52 bits per heavy atom. The second-order valence-corrected chi connectivity index (χ2v) is 11.4. The molecule has 46 heavy (non-hydrogen) atoms. The number of carbonyl (C=O) groups is 1. The zero-order valence-corrected chi connectivity index (χ0v) is 25.4. The van der Waals surface area contributed by atoms with E-state index in [4.69, 9.17) is 10.00 Å². The van der Waals surface area contributed by atoms with Gasteiger partial charge in [-0.05, 0) is 72.5 Å². The van der Waals surface area contributed by atoms with Crippen LogP contribution in [0.3, 0.4) is 0 Å². The molecule has 2 aromatic carbocycles. The molecule has 0 aliphatic heterocycles. The van der Waals surface area contributed by atoms with Gasteiger partial charge in [-0.3, -0.25) is 9.59 Å². The van der Waals surface area contributed by atoms with Crippen LogP contribution in [-0.2, 0) is 17.8 Å². The molecule has 3 aromatic heterocycles. The number of carbonyl (C=O) groups excluding carboxylic acids is 1. The molecule has 6 rings (SSSR count). The van der Waals surface area contributed by atoms with Crippen molar-refractivity contribution in [2.24, 2.45) is 5.92 Å². The van der Waals surface area contributed by atoms with Gasteiger partial charge < -0.3 is 19.9 Å². The van der Waals surface area contributed by atoms with Crippen molar-refractivity contribution in [2.75, 3.05) is 17.7 Å². The normalized spacial score (nSPS) is 13.2. The minimum Gasteiger partial charge on any atom is -0.497 e. The van der Waals surface area contributed by atoms with E-state index in [-0.39, 0.29) is 29.4 Å². The Labute approximate surface area is 265 Å². The molecule has 1 saturated carbocycles. The first-order valence-electron chi connectivity index (χ1n) is 15.3. The largest absolute Gasteiger partial charge is 0.497 e. The maximum atomic E-state index is 15.6. The standard InChI is InChI=1S/C36H33FN6O3/c1-46-27-11-7-24(8-12-27)22-43-18-16-30-34(36(43)45)32(42-33-14-9-23(15-17-38)21-39-33)20-31(41-30)28-13-10-26(19-29(28)37)40-35(44)25-5-3-2-4-6-25/h7-14,16,18-21,25H,2-6,15,22H2,1H3,(H,40,44)(H,39,41,42). The fourth-order valence-corrected chi connectivity index (χ4v) is 5.81. The van der Waals surface area contributed by atoms with Crippen molar-refractivity contribution < 1.29 is 13.9 Å². The number of nitrogens with zero attached hydrogens (tertiary/aromatic N) is 4. The van der Waals surface area contributed by atoms with Crippen LogP contribution in [0.25, 0.3) is 22.2 Å². The van der Waals surface area contributed by atoms with Crippen LogP contribution in [0.2, 0.25) is 0 Å². The van der Waals surface area contributed by atoms with Gasteiger partial charge >= 0.3 is 0 Å². The fraction of sp³-hybridized carbons (Fsp3) is 0.250. The molecular weight excluding hydrogens is 583 g/mol. The van der Waals surface area contributed by atoms with Gasteiger partial charge in [-0.1, -0.05) is 37.5 Å². The van der Waals surface area contributed by atoms with Gasteiger partial charge in [-0.2, -0.15) is 5.26 Å². The van der Waals surface area contributed by atoms with Crippen molar-refractivity contribution in [3.05, 3.63) is 106 Å². The third kappa shape index (κ3) is 6.74. The lowest BCUT2D eigenvalue weighted by Gasteiger charge is -2.20. The highest BCUT2D eigenvalue weighted by Gasteiger charge is 2.22. The first-order chi connectivity index (χ1) is 22.4. The number of aromatic nitrogens is 3. The average molecular weight is 617 g/mol. The van der Waals surface area contributed by atoms with Crippen LogP contribution in [0.5, 0.6) is 5.75 Å². The molecule has 0 atom stereocenters. The number of amides is 1. The third-order valence-electron chi connectivity index (χ3n) is 8.31. The average Bonchev–Trinajstić information content (AvgIpc) is 3.07. The Hall–Kier alpha value is -5.56. The van der Waals surface area contributed by atoms with Crippen LogP contribution >= 0.6 is 0 Å². The maximum Gasteiger partial charge on any atom is 0.262 e. The van der Waals surface area contributed by atoms with E-state index in [1.54, 1.807) is 60.5 Å². The summed E-state index contributed by atoms with van der Waals surface area (Å²) in [6.45, 7) is 0.323. The Bertz CT molecular complexity index is 1980. The van der Waals surface area contributed by atoms with Crippen molar-refractivity contribution >= 4 is 34.0 Å². The number of benzene rings is 2. The Kier molecular flexibility index (Phi) is 9.01. The minimum atomic E-state index is -0.550. The molecular formula is C36H33FN6O3. The van der Waals surface area contributed by atoms with E-state index in [2.05, 4.69) is 26.7 Å². The molecule has 1 amide bonds. The number of ether oxygens (including phenoxy) is 1. The monoisotopic (exact) mass is 616 g/mol. The van der Waals surface area contributed by atoms with Gasteiger partial charge in [0.05, 0.1) is 48.4 Å². The highest BCUT2D eigenvalue weighted by molar-refractivity contribution is 5.95. The molecule has 0 radical (unpaired) electrons. The van der Waals surface area contributed by atoms with Crippen molar-refractivity contribution in [2.45, 2.75) is 45.1 Å². The third-order valence-corrected chi connectivity index (χ3v) is 8.31. The minimum absolute atomic E-state index is 0.0522. The van der Waals surface area contributed by atoms with Gasteiger partial charge in [0, 0.05) is 29.6 Å². The van der Waals surface area contributed by atoms with Crippen LogP contribution in [0, 0.1) is 23.1 Å². The van der Waals surface area contributed by atoms with E-state index in [1.165, 1.54) is 6.07 Å². The van der Waals surface area contributed by atoms with Crippen molar-refractivity contribution in [3.8, 4) is 23.1 Å². The van der Waals surface area contributed by atoms with Gasteiger partial charge in [-0.25, -0.2) is 14.4 Å². The lowest BCUT2D eigenvalue weighted by atomic mass is 9.88. The van der Waals surface area contributed by atoms with Gasteiger partial charge in [0.15, 0.2) is 0 Å². The van der Waals surface area contributed by atoms with Crippen LogP contribution in [0.1, 0.15) is 43.2 Å². The number of hydrogen-bond acceptors (Lipinski definition) is 7. The Balaban J connectivity index is 1.37. The zero-order valence-electron chi connectivity index (χ0n) is 25.4. The van der Waals surface area contributed by atoms with Crippen LogP contribution in [0.15, 0.2) is 83.9 Å². The van der Waals surface area contributed by atoms with Crippen LogP contribution in [-0.4, -0.2) is 27.6 Å². The molecule has 3 heterocycles. The molecule has 0 unspecified atom stereocenters. The summed E-state index contributed by atoms with van der Waals surface area (Å²) >= 11 is 0. The lowest BCUT2D eigenvalue weighted by molar-refractivity contribution is -0.120.